The van der Waals surface area contributed by atoms with E-state index in [1.165, 1.54) is 15.9 Å². The van der Waals surface area contributed by atoms with Gasteiger partial charge >= 0.3 is 0 Å². The summed E-state index contributed by atoms with van der Waals surface area (Å²) >= 11 is 6.08. The van der Waals surface area contributed by atoms with Crippen LogP contribution in [0.15, 0.2) is 47.8 Å². The monoisotopic (exact) mass is 381 g/mol. The number of carbonyl (C=O) groups excluding carboxylic acids is 1. The second-order valence-electron chi connectivity index (χ2n) is 6.75. The van der Waals surface area contributed by atoms with E-state index in [0.717, 1.165) is 35.8 Å². The fraction of sp³-hybridized carbons (Fsp3) is 0.278. The lowest BCUT2D eigenvalue weighted by atomic mass is 9.94. The number of nitrogens with zero attached hydrogens (tertiary/aromatic N) is 7. The maximum atomic E-state index is 12.8. The van der Waals surface area contributed by atoms with Gasteiger partial charge in [0, 0.05) is 24.7 Å². The van der Waals surface area contributed by atoms with Gasteiger partial charge in [-0.3, -0.25) is 9.69 Å². The van der Waals surface area contributed by atoms with Crippen LogP contribution in [0.2, 0.25) is 5.02 Å². The Morgan fingerprint density at radius 2 is 2.15 bits per heavy atom. The summed E-state index contributed by atoms with van der Waals surface area (Å²) < 4.78 is 1.54. The van der Waals surface area contributed by atoms with Gasteiger partial charge in [-0.15, -0.1) is 15.3 Å². The average Bonchev–Trinajstić information content (AvgIpc) is 3.25. The lowest BCUT2D eigenvalue weighted by molar-refractivity contribution is -0.120. The summed E-state index contributed by atoms with van der Waals surface area (Å²) in [6.07, 6.45) is 2.26. The number of rotatable bonds is 3. The van der Waals surface area contributed by atoms with Crippen molar-refractivity contribution in [2.24, 2.45) is 11.0 Å². The minimum atomic E-state index is -0.168. The molecule has 1 aromatic carbocycles. The maximum absolute atomic E-state index is 12.8. The molecule has 1 amide bonds. The molecule has 4 heterocycles. The van der Waals surface area contributed by atoms with Crippen molar-refractivity contribution in [1.82, 2.24) is 24.7 Å². The van der Waals surface area contributed by atoms with Crippen molar-refractivity contribution in [3.05, 3.63) is 53.3 Å². The molecule has 8 nitrogen and oxygen atoms in total. The van der Waals surface area contributed by atoms with E-state index in [2.05, 4.69) is 31.4 Å². The summed E-state index contributed by atoms with van der Waals surface area (Å²) in [7, 11) is 0. The molecule has 0 radical (unpaired) electrons. The highest BCUT2D eigenvalue weighted by atomic mass is 35.5. The quantitative estimate of drug-likeness (QED) is 0.693. The molecule has 1 fully saturated rings. The van der Waals surface area contributed by atoms with E-state index < -0.39 is 0 Å². The molecular weight excluding hydrogens is 366 g/mol. The number of aromatic nitrogens is 4. The number of fused-ring (bicyclic) bond motifs is 2. The first-order valence-electron chi connectivity index (χ1n) is 8.72. The Morgan fingerprint density at radius 1 is 1.22 bits per heavy atom. The van der Waals surface area contributed by atoms with Crippen LogP contribution >= 0.6 is 11.6 Å². The number of likely N-dealkylation sites (tertiary alicyclic amines) is 1. The van der Waals surface area contributed by atoms with E-state index in [4.69, 9.17) is 11.6 Å². The molecule has 0 N–H and O–H groups in total. The number of piperidine rings is 1. The summed E-state index contributed by atoms with van der Waals surface area (Å²) in [6.45, 7) is 2.29. The topological polar surface area (TPSA) is 79.0 Å². The Labute approximate surface area is 160 Å². The van der Waals surface area contributed by atoms with Crippen LogP contribution in [0.25, 0.3) is 5.65 Å². The first-order chi connectivity index (χ1) is 13.2. The molecule has 1 atom stereocenters. The normalized spacial score (nSPS) is 20.2. The van der Waals surface area contributed by atoms with Crippen LogP contribution in [0, 0.1) is 5.92 Å². The maximum Gasteiger partial charge on any atom is 0.257 e. The first-order valence-corrected chi connectivity index (χ1v) is 9.10. The van der Waals surface area contributed by atoms with Crippen molar-refractivity contribution in [3.63, 3.8) is 0 Å². The highest BCUT2D eigenvalue weighted by Crippen LogP contribution is 2.28. The van der Waals surface area contributed by atoms with Gasteiger partial charge in [-0.05, 0) is 36.2 Å². The Hall–Kier alpha value is -2.84. The second-order valence-corrected chi connectivity index (χ2v) is 7.18. The fourth-order valence-corrected chi connectivity index (χ4v) is 3.83. The predicted octanol–water partition coefficient (Wildman–Crippen LogP) is 2.00. The molecule has 0 bridgehead atoms. The van der Waals surface area contributed by atoms with E-state index in [-0.39, 0.29) is 11.8 Å². The van der Waals surface area contributed by atoms with Crippen LogP contribution in [0.5, 0.6) is 0 Å². The van der Waals surface area contributed by atoms with E-state index in [9.17, 15) is 4.79 Å². The van der Waals surface area contributed by atoms with Gasteiger partial charge in [0.2, 0.25) is 0 Å². The molecule has 0 saturated carbocycles. The zero-order valence-electron chi connectivity index (χ0n) is 14.4. The summed E-state index contributed by atoms with van der Waals surface area (Å²) in [5.74, 6) is 0.293. The Kier molecular flexibility index (Phi) is 3.87. The molecule has 9 heteroatoms. The highest BCUT2D eigenvalue weighted by Gasteiger charge is 2.40. The first kappa shape index (κ1) is 16.3. The molecule has 5 rings (SSSR count). The van der Waals surface area contributed by atoms with Gasteiger partial charge in [0.05, 0.1) is 11.6 Å². The number of benzene rings is 1. The summed E-state index contributed by atoms with van der Waals surface area (Å²) in [5.41, 5.74) is 2.67. The third-order valence-corrected chi connectivity index (χ3v) is 5.15. The van der Waals surface area contributed by atoms with Crippen LogP contribution in [0.1, 0.15) is 12.0 Å². The molecule has 2 aromatic heterocycles. The van der Waals surface area contributed by atoms with Crippen molar-refractivity contribution < 1.29 is 4.79 Å². The number of halogens is 1. The SMILES string of the molecule is O=C1C2CCN(Cc3cccc(Cl)c3)CC2=NN1c1ccc2nncn2n1. The molecule has 2 aliphatic heterocycles. The van der Waals surface area contributed by atoms with Gasteiger partial charge in [-0.25, -0.2) is 0 Å². The minimum absolute atomic E-state index is 0.0210. The Bertz CT molecular complexity index is 1060. The summed E-state index contributed by atoms with van der Waals surface area (Å²) in [4.78, 5) is 15.1. The van der Waals surface area contributed by atoms with Crippen molar-refractivity contribution in [1.29, 1.82) is 0 Å². The lowest BCUT2D eigenvalue weighted by Crippen LogP contribution is -2.41. The molecule has 0 spiro atoms. The van der Waals surface area contributed by atoms with Crippen molar-refractivity contribution >= 4 is 34.7 Å². The number of carbonyl (C=O) groups is 1. The molecule has 27 heavy (non-hydrogen) atoms. The molecule has 1 unspecified atom stereocenters. The zero-order chi connectivity index (χ0) is 18.4. The van der Waals surface area contributed by atoms with Gasteiger partial charge in [0.25, 0.3) is 5.91 Å². The second kappa shape index (κ2) is 6.40. The molecule has 1 saturated heterocycles. The van der Waals surface area contributed by atoms with Gasteiger partial charge in [0.1, 0.15) is 6.33 Å². The van der Waals surface area contributed by atoms with Crippen LogP contribution in [-0.2, 0) is 11.3 Å². The van der Waals surface area contributed by atoms with Crippen molar-refractivity contribution in [2.45, 2.75) is 13.0 Å². The number of hydrogen-bond acceptors (Lipinski definition) is 6. The van der Waals surface area contributed by atoms with Crippen molar-refractivity contribution in [2.75, 3.05) is 18.1 Å². The van der Waals surface area contributed by atoms with Gasteiger partial charge in [-0.1, -0.05) is 23.7 Å². The largest absolute Gasteiger partial charge is 0.293 e. The predicted molar refractivity (Wildman–Crippen MR) is 101 cm³/mol. The fourth-order valence-electron chi connectivity index (χ4n) is 3.61. The third-order valence-electron chi connectivity index (χ3n) is 4.92. The van der Waals surface area contributed by atoms with Crippen LogP contribution < -0.4 is 5.01 Å². The van der Waals surface area contributed by atoms with Gasteiger partial charge in [-0.2, -0.15) is 14.6 Å². The summed E-state index contributed by atoms with van der Waals surface area (Å²) in [6, 6.07) is 11.4. The minimum Gasteiger partial charge on any atom is -0.293 e. The molecule has 136 valence electrons. The van der Waals surface area contributed by atoms with E-state index >= 15 is 0 Å². The zero-order valence-corrected chi connectivity index (χ0v) is 15.1. The van der Waals surface area contributed by atoms with E-state index in [1.54, 1.807) is 12.1 Å². The Balaban J connectivity index is 1.37. The van der Waals surface area contributed by atoms with Crippen LogP contribution in [0.3, 0.4) is 0 Å². The van der Waals surface area contributed by atoms with Crippen molar-refractivity contribution in [3.8, 4) is 0 Å². The molecule has 0 aliphatic carbocycles. The van der Waals surface area contributed by atoms with E-state index in [0.29, 0.717) is 18.0 Å². The van der Waals surface area contributed by atoms with E-state index in [1.807, 2.05) is 18.2 Å². The molecular formula is C18H16ClN7O. The number of amides is 1. The van der Waals surface area contributed by atoms with Gasteiger partial charge < -0.3 is 0 Å². The summed E-state index contributed by atoms with van der Waals surface area (Å²) in [5, 5.41) is 18.8. The molecule has 3 aromatic rings. The molecule has 2 aliphatic rings. The van der Waals surface area contributed by atoms with Crippen LogP contribution in [-0.4, -0.2) is 49.4 Å². The smallest absolute Gasteiger partial charge is 0.257 e. The Morgan fingerprint density at radius 3 is 3.04 bits per heavy atom. The highest BCUT2D eigenvalue weighted by molar-refractivity contribution is 6.30. The van der Waals surface area contributed by atoms with Gasteiger partial charge in [0.15, 0.2) is 11.5 Å². The third kappa shape index (κ3) is 2.96. The number of anilines is 1. The lowest BCUT2D eigenvalue weighted by Gasteiger charge is -2.29. The average molecular weight is 382 g/mol. The standard InChI is InChI=1S/C18H16ClN7O/c19-13-3-1-2-12(8-13)9-24-7-6-14-15(10-24)22-26(18(14)27)17-5-4-16-21-20-11-25(16)23-17/h1-5,8,11,14H,6-7,9-10H2. The van der Waals surface area contributed by atoms with Crippen LogP contribution in [0.4, 0.5) is 5.82 Å². The number of hydrogen-bond donors (Lipinski definition) is 0. The number of hydrazone groups is 1.